The van der Waals surface area contributed by atoms with Gasteiger partial charge < -0.3 is 29.0 Å². The number of halogens is 1. The maximum Gasteiger partial charge on any atom is 0.137 e. The smallest absolute Gasteiger partial charge is 0.137 e. The van der Waals surface area contributed by atoms with E-state index < -0.39 is 6.09 Å². The first kappa shape index (κ1) is 27.6. The molecule has 2 unspecified atom stereocenters. The van der Waals surface area contributed by atoms with Crippen molar-refractivity contribution in [1.29, 1.82) is 0 Å². The monoisotopic (exact) mass is 542 g/mol. The number of benzene rings is 4. The topological polar surface area (TPSA) is 71.1 Å². The third-order valence-corrected chi connectivity index (χ3v) is 7.29. The Morgan fingerprint density at radius 1 is 0.875 bits per heavy atom. The van der Waals surface area contributed by atoms with Crippen molar-refractivity contribution in [2.45, 2.75) is 38.1 Å². The van der Waals surface area contributed by atoms with Crippen molar-refractivity contribution in [2.75, 3.05) is 26.3 Å². The maximum atomic E-state index is 13.0. The Hall–Kier alpha value is -3.94. The van der Waals surface area contributed by atoms with Crippen LogP contribution in [0.3, 0.4) is 0 Å². The molecule has 0 aliphatic carbocycles. The minimum absolute atomic E-state index is 0.0784. The molecule has 4 aromatic rings. The summed E-state index contributed by atoms with van der Waals surface area (Å²) in [5, 5.41) is 13.9. The third-order valence-electron chi connectivity index (χ3n) is 7.29. The van der Waals surface area contributed by atoms with Gasteiger partial charge in [-0.2, -0.15) is 0 Å². The number of hydrogen-bond donors (Lipinski definition) is 0. The van der Waals surface area contributed by atoms with E-state index in [1.807, 2.05) is 12.1 Å². The van der Waals surface area contributed by atoms with Crippen LogP contribution in [0.4, 0.5) is 9.18 Å². The Labute approximate surface area is 233 Å². The second kappa shape index (κ2) is 13.4. The molecule has 1 heterocycles. The molecule has 6 nitrogen and oxygen atoms in total. The fourth-order valence-corrected chi connectivity index (χ4v) is 5.10. The molecule has 40 heavy (non-hydrogen) atoms. The summed E-state index contributed by atoms with van der Waals surface area (Å²) in [6.07, 6.45) is -0.0437. The van der Waals surface area contributed by atoms with E-state index >= 15 is 0 Å². The Balaban J connectivity index is 1.13. The predicted octanol–water partition coefficient (Wildman–Crippen LogP) is 5.68. The molecule has 0 N–H and O–H groups in total. The van der Waals surface area contributed by atoms with E-state index in [-0.39, 0.29) is 24.4 Å². The van der Waals surface area contributed by atoms with E-state index in [1.54, 1.807) is 12.1 Å². The minimum Gasteiger partial charge on any atom is -0.530 e. The molecule has 5 rings (SSSR count). The third kappa shape index (κ3) is 7.37. The standard InChI is InChI=1S/C33H34FNO5/c34-29-12-14-30(15-13-29)39-19-3-18-38-22-24-6-10-27(11-7-24)31-16-17-35(33(36)37)21-32(31)40-23-25-8-9-26-4-1-2-5-28(26)20-25/h1-2,4-15,20,31-32H,3,16-19,21-23H2,(H,36,37)/p-1. The normalized spacial score (nSPS) is 17.2. The van der Waals surface area contributed by atoms with Crippen LogP contribution in [0.1, 0.15) is 35.4 Å². The van der Waals surface area contributed by atoms with Crippen LogP contribution >= 0.6 is 0 Å². The van der Waals surface area contributed by atoms with Crippen LogP contribution < -0.4 is 9.84 Å². The van der Waals surface area contributed by atoms with Crippen LogP contribution in [0.25, 0.3) is 10.8 Å². The number of carbonyl (C=O) groups excluding carboxylic acids is 1. The molecule has 0 saturated carbocycles. The summed E-state index contributed by atoms with van der Waals surface area (Å²) in [5.74, 6) is 0.436. The summed E-state index contributed by atoms with van der Waals surface area (Å²) in [5.41, 5.74) is 3.24. The minimum atomic E-state index is -1.16. The first-order chi connectivity index (χ1) is 19.5. The van der Waals surface area contributed by atoms with Gasteiger partial charge in [0.1, 0.15) is 17.7 Å². The van der Waals surface area contributed by atoms with Crippen LogP contribution in [0.15, 0.2) is 91.0 Å². The van der Waals surface area contributed by atoms with Crippen molar-refractivity contribution >= 4 is 16.9 Å². The molecule has 2 atom stereocenters. The van der Waals surface area contributed by atoms with E-state index in [0.29, 0.717) is 45.1 Å². The Morgan fingerprint density at radius 2 is 1.62 bits per heavy atom. The first-order valence-electron chi connectivity index (χ1n) is 13.7. The Morgan fingerprint density at radius 3 is 2.40 bits per heavy atom. The van der Waals surface area contributed by atoms with E-state index in [2.05, 4.69) is 54.6 Å². The van der Waals surface area contributed by atoms with E-state index in [4.69, 9.17) is 14.2 Å². The van der Waals surface area contributed by atoms with Gasteiger partial charge in [-0.15, -0.1) is 0 Å². The number of carboxylic acid groups (broad SMARTS) is 1. The van der Waals surface area contributed by atoms with Crippen LogP contribution in [0.2, 0.25) is 0 Å². The van der Waals surface area contributed by atoms with Crippen LogP contribution in [0.5, 0.6) is 5.75 Å². The molecule has 4 aromatic carbocycles. The molecule has 1 saturated heterocycles. The number of fused-ring (bicyclic) bond motifs is 1. The van der Waals surface area contributed by atoms with E-state index in [9.17, 15) is 14.3 Å². The number of rotatable bonds is 11. The zero-order chi connectivity index (χ0) is 27.7. The van der Waals surface area contributed by atoms with Gasteiger partial charge >= 0.3 is 0 Å². The summed E-state index contributed by atoms with van der Waals surface area (Å²) >= 11 is 0. The van der Waals surface area contributed by atoms with Crippen molar-refractivity contribution in [1.82, 2.24) is 4.90 Å². The lowest BCUT2D eigenvalue weighted by Crippen LogP contribution is -2.51. The van der Waals surface area contributed by atoms with Gasteiger partial charge in [0.15, 0.2) is 0 Å². The van der Waals surface area contributed by atoms with Crippen molar-refractivity contribution in [2.24, 2.45) is 0 Å². The quantitative estimate of drug-likeness (QED) is 0.228. The second-order valence-corrected chi connectivity index (χ2v) is 10.1. The largest absolute Gasteiger partial charge is 0.530 e. The van der Waals surface area contributed by atoms with Gasteiger partial charge in [-0.3, -0.25) is 0 Å². The summed E-state index contributed by atoms with van der Waals surface area (Å²) in [7, 11) is 0. The second-order valence-electron chi connectivity index (χ2n) is 10.1. The lowest BCUT2D eigenvalue weighted by atomic mass is 9.86. The summed E-state index contributed by atoms with van der Waals surface area (Å²) in [6, 6.07) is 28.7. The summed E-state index contributed by atoms with van der Waals surface area (Å²) in [6.45, 7) is 2.65. The molecule has 0 radical (unpaired) electrons. The number of amides is 1. The molecule has 1 amide bonds. The van der Waals surface area contributed by atoms with E-state index in [1.165, 1.54) is 22.4 Å². The van der Waals surface area contributed by atoms with Crippen LogP contribution in [0, 0.1) is 5.82 Å². The first-order valence-corrected chi connectivity index (χ1v) is 13.7. The highest BCUT2D eigenvalue weighted by Gasteiger charge is 2.31. The molecular weight excluding hydrogens is 509 g/mol. The van der Waals surface area contributed by atoms with Crippen molar-refractivity contribution in [3.8, 4) is 5.75 Å². The van der Waals surface area contributed by atoms with Gasteiger partial charge in [0.05, 0.1) is 32.5 Å². The number of piperidine rings is 1. The molecule has 1 aliphatic rings. The number of nitrogens with zero attached hydrogens (tertiary/aromatic N) is 1. The van der Waals surface area contributed by atoms with Gasteiger partial charge in [0, 0.05) is 25.4 Å². The highest BCUT2D eigenvalue weighted by Crippen LogP contribution is 2.31. The maximum absolute atomic E-state index is 13.0. The lowest BCUT2D eigenvalue weighted by molar-refractivity contribution is -0.268. The molecule has 1 fully saturated rings. The van der Waals surface area contributed by atoms with Gasteiger partial charge in [-0.05, 0) is 64.2 Å². The summed E-state index contributed by atoms with van der Waals surface area (Å²) in [4.78, 5) is 12.9. The highest BCUT2D eigenvalue weighted by atomic mass is 19.1. The SMILES string of the molecule is O=C([O-])N1CCC(c2ccc(COCCCOc3ccc(F)cc3)cc2)C(OCc2ccc3ccccc3c2)C1. The molecule has 0 bridgehead atoms. The fraction of sp³-hybridized carbons (Fsp3) is 0.303. The van der Waals surface area contributed by atoms with Gasteiger partial charge in [0.2, 0.25) is 0 Å². The number of likely N-dealkylation sites (tertiary alicyclic amines) is 1. The molecule has 0 aromatic heterocycles. The molecule has 208 valence electrons. The van der Waals surface area contributed by atoms with E-state index in [0.717, 1.165) is 28.5 Å². The average Bonchev–Trinajstić information content (AvgIpc) is 2.99. The highest BCUT2D eigenvalue weighted by molar-refractivity contribution is 5.82. The van der Waals surface area contributed by atoms with Crippen molar-refractivity contribution in [3.63, 3.8) is 0 Å². The zero-order valence-corrected chi connectivity index (χ0v) is 22.3. The number of ether oxygens (including phenoxy) is 3. The van der Waals surface area contributed by atoms with Gasteiger partial charge in [-0.1, -0.05) is 60.7 Å². The Bertz CT molecular complexity index is 1390. The summed E-state index contributed by atoms with van der Waals surface area (Å²) < 4.78 is 30.7. The molecular formula is C33H33FNO5-. The average molecular weight is 543 g/mol. The fourth-order valence-electron chi connectivity index (χ4n) is 5.10. The number of carbonyl (C=O) groups is 1. The number of hydrogen-bond acceptors (Lipinski definition) is 5. The van der Waals surface area contributed by atoms with Crippen molar-refractivity contribution in [3.05, 3.63) is 114 Å². The molecule has 1 aliphatic heterocycles. The van der Waals surface area contributed by atoms with Crippen LogP contribution in [-0.4, -0.2) is 43.4 Å². The van der Waals surface area contributed by atoms with Crippen molar-refractivity contribution < 1.29 is 28.5 Å². The molecule has 0 spiro atoms. The predicted molar refractivity (Wildman–Crippen MR) is 149 cm³/mol. The lowest BCUT2D eigenvalue weighted by Gasteiger charge is -2.40. The van der Waals surface area contributed by atoms with Crippen LogP contribution in [-0.2, 0) is 22.7 Å². The zero-order valence-electron chi connectivity index (χ0n) is 22.3. The van der Waals surface area contributed by atoms with Gasteiger partial charge in [0.25, 0.3) is 0 Å². The Kier molecular flexibility index (Phi) is 9.26. The van der Waals surface area contributed by atoms with Gasteiger partial charge in [-0.25, -0.2) is 4.39 Å². The molecule has 7 heteroatoms.